The molecule has 0 aromatic heterocycles. The van der Waals surface area contributed by atoms with Crippen molar-refractivity contribution in [2.45, 2.75) is 13.3 Å². The molecule has 2 rings (SSSR count). The van der Waals surface area contributed by atoms with E-state index in [9.17, 15) is 14.3 Å². The number of rotatable bonds is 5. The predicted molar refractivity (Wildman–Crippen MR) is 74.6 cm³/mol. The Morgan fingerprint density at radius 2 is 1.85 bits per heavy atom. The number of aromatic carboxylic acids is 1. The van der Waals surface area contributed by atoms with Gasteiger partial charge in [0.15, 0.2) is 0 Å². The van der Waals surface area contributed by atoms with Gasteiger partial charge in [-0.1, -0.05) is 37.3 Å². The van der Waals surface area contributed by atoms with Gasteiger partial charge in [-0.3, -0.25) is 0 Å². The van der Waals surface area contributed by atoms with Gasteiger partial charge in [-0.25, -0.2) is 9.18 Å². The Labute approximate surface area is 116 Å². The van der Waals surface area contributed by atoms with Crippen LogP contribution in [-0.2, 0) is 0 Å². The molecule has 0 aliphatic heterocycles. The van der Waals surface area contributed by atoms with E-state index in [2.05, 4.69) is 0 Å². The van der Waals surface area contributed by atoms with Gasteiger partial charge in [0.2, 0.25) is 0 Å². The standard InChI is InChI=1S/C16H15FO3/c1-2-10-20-14-9-4-3-6-11(14)12-7-5-8-13(17)15(12)16(18)19/h3-9H,2,10H2,1H3,(H,18,19). The van der Waals surface area contributed by atoms with Crippen LogP contribution in [0, 0.1) is 5.82 Å². The average Bonchev–Trinajstić information content (AvgIpc) is 2.44. The van der Waals surface area contributed by atoms with E-state index in [4.69, 9.17) is 4.74 Å². The van der Waals surface area contributed by atoms with Crippen molar-refractivity contribution >= 4 is 5.97 Å². The third kappa shape index (κ3) is 2.79. The topological polar surface area (TPSA) is 46.5 Å². The molecule has 0 atom stereocenters. The molecule has 0 aliphatic rings. The molecule has 2 aromatic rings. The summed E-state index contributed by atoms with van der Waals surface area (Å²) >= 11 is 0. The molecule has 0 spiro atoms. The van der Waals surface area contributed by atoms with Crippen LogP contribution in [0.2, 0.25) is 0 Å². The average molecular weight is 274 g/mol. The highest BCUT2D eigenvalue weighted by Gasteiger charge is 2.18. The first-order valence-corrected chi connectivity index (χ1v) is 6.39. The van der Waals surface area contributed by atoms with E-state index in [1.165, 1.54) is 6.07 Å². The molecule has 104 valence electrons. The van der Waals surface area contributed by atoms with Gasteiger partial charge < -0.3 is 9.84 Å². The van der Waals surface area contributed by atoms with E-state index >= 15 is 0 Å². The minimum atomic E-state index is -1.29. The van der Waals surface area contributed by atoms with Crippen LogP contribution in [0.3, 0.4) is 0 Å². The summed E-state index contributed by atoms with van der Waals surface area (Å²) in [6.45, 7) is 2.50. The maximum atomic E-state index is 13.7. The van der Waals surface area contributed by atoms with Gasteiger partial charge in [-0.05, 0) is 18.6 Å². The fourth-order valence-electron chi connectivity index (χ4n) is 1.99. The molecule has 0 aliphatic carbocycles. The Balaban J connectivity index is 2.57. The molecule has 4 heteroatoms. The molecule has 0 amide bonds. The summed E-state index contributed by atoms with van der Waals surface area (Å²) in [7, 11) is 0. The molecule has 0 saturated heterocycles. The third-order valence-corrected chi connectivity index (χ3v) is 2.87. The Hall–Kier alpha value is -2.36. The smallest absolute Gasteiger partial charge is 0.339 e. The number of benzene rings is 2. The molecule has 20 heavy (non-hydrogen) atoms. The summed E-state index contributed by atoms with van der Waals surface area (Å²) in [4.78, 5) is 11.3. The van der Waals surface area contributed by atoms with Crippen molar-refractivity contribution in [2.24, 2.45) is 0 Å². The quantitative estimate of drug-likeness (QED) is 0.897. The lowest BCUT2D eigenvalue weighted by atomic mass is 9.98. The number of hydrogen-bond acceptors (Lipinski definition) is 2. The van der Waals surface area contributed by atoms with Crippen molar-refractivity contribution in [3.8, 4) is 16.9 Å². The van der Waals surface area contributed by atoms with Gasteiger partial charge in [-0.15, -0.1) is 0 Å². The minimum absolute atomic E-state index is 0.323. The zero-order valence-electron chi connectivity index (χ0n) is 11.1. The molecule has 3 nitrogen and oxygen atoms in total. The zero-order chi connectivity index (χ0) is 14.5. The largest absolute Gasteiger partial charge is 0.493 e. The molecule has 0 radical (unpaired) electrons. The van der Waals surface area contributed by atoms with Gasteiger partial charge in [0.1, 0.15) is 17.1 Å². The second-order valence-corrected chi connectivity index (χ2v) is 4.31. The van der Waals surface area contributed by atoms with Crippen LogP contribution in [0.15, 0.2) is 42.5 Å². The molecular weight excluding hydrogens is 259 g/mol. The molecule has 1 N–H and O–H groups in total. The van der Waals surface area contributed by atoms with Crippen molar-refractivity contribution in [2.75, 3.05) is 6.61 Å². The van der Waals surface area contributed by atoms with Crippen LogP contribution in [0.25, 0.3) is 11.1 Å². The highest BCUT2D eigenvalue weighted by atomic mass is 19.1. The lowest BCUT2D eigenvalue weighted by Gasteiger charge is -2.13. The number of hydrogen-bond donors (Lipinski definition) is 1. The van der Waals surface area contributed by atoms with Crippen LogP contribution in [-0.4, -0.2) is 17.7 Å². The van der Waals surface area contributed by atoms with Crippen LogP contribution in [0.5, 0.6) is 5.75 Å². The summed E-state index contributed by atoms with van der Waals surface area (Å²) < 4.78 is 19.3. The van der Waals surface area contributed by atoms with E-state index in [1.807, 2.05) is 6.92 Å². The number of carbonyl (C=O) groups is 1. The maximum absolute atomic E-state index is 13.7. The minimum Gasteiger partial charge on any atom is -0.493 e. The van der Waals surface area contributed by atoms with E-state index < -0.39 is 11.8 Å². The highest BCUT2D eigenvalue weighted by molar-refractivity contribution is 5.97. The van der Waals surface area contributed by atoms with Crippen LogP contribution < -0.4 is 4.74 Å². The molecule has 0 unspecified atom stereocenters. The molecule has 0 saturated carbocycles. The molecule has 0 heterocycles. The predicted octanol–water partition coefficient (Wildman–Crippen LogP) is 3.98. The first-order valence-electron chi connectivity index (χ1n) is 6.39. The Bertz CT molecular complexity index is 623. The third-order valence-electron chi connectivity index (χ3n) is 2.87. The van der Waals surface area contributed by atoms with E-state index in [0.717, 1.165) is 12.5 Å². The number of ether oxygens (including phenoxy) is 1. The summed E-state index contributed by atoms with van der Waals surface area (Å²) in [6, 6.07) is 11.3. The van der Waals surface area contributed by atoms with Crippen molar-refractivity contribution in [3.05, 3.63) is 53.8 Å². The van der Waals surface area contributed by atoms with Gasteiger partial charge in [0.05, 0.1) is 6.61 Å². The van der Waals surface area contributed by atoms with Gasteiger partial charge in [0, 0.05) is 11.1 Å². The van der Waals surface area contributed by atoms with Crippen LogP contribution in [0.1, 0.15) is 23.7 Å². The van der Waals surface area contributed by atoms with Crippen LogP contribution in [0.4, 0.5) is 4.39 Å². The van der Waals surface area contributed by atoms with E-state index in [-0.39, 0.29) is 5.56 Å². The summed E-state index contributed by atoms with van der Waals surface area (Å²) in [5.41, 5.74) is 0.571. The van der Waals surface area contributed by atoms with Crippen molar-refractivity contribution in [1.29, 1.82) is 0 Å². The first-order chi connectivity index (χ1) is 9.65. The molecule has 2 aromatic carbocycles. The number of para-hydroxylation sites is 1. The number of halogens is 1. The summed E-state index contributed by atoms with van der Waals surface area (Å²) in [5, 5.41) is 9.19. The summed E-state index contributed by atoms with van der Waals surface area (Å²) in [5.74, 6) is -1.48. The fraction of sp³-hybridized carbons (Fsp3) is 0.188. The van der Waals surface area contributed by atoms with Crippen molar-refractivity contribution in [3.63, 3.8) is 0 Å². The SMILES string of the molecule is CCCOc1ccccc1-c1cccc(F)c1C(=O)O. The molecular formula is C16H15FO3. The molecule has 0 fully saturated rings. The highest BCUT2D eigenvalue weighted by Crippen LogP contribution is 2.33. The normalized spacial score (nSPS) is 10.3. The zero-order valence-corrected chi connectivity index (χ0v) is 11.1. The monoisotopic (exact) mass is 274 g/mol. The number of carboxylic acid groups (broad SMARTS) is 1. The van der Waals surface area contributed by atoms with Gasteiger partial charge in [-0.2, -0.15) is 0 Å². The lowest BCUT2D eigenvalue weighted by Crippen LogP contribution is -2.04. The van der Waals surface area contributed by atoms with Crippen LogP contribution >= 0.6 is 0 Å². The van der Waals surface area contributed by atoms with E-state index in [1.54, 1.807) is 30.3 Å². The van der Waals surface area contributed by atoms with Crippen molar-refractivity contribution < 1.29 is 19.0 Å². The van der Waals surface area contributed by atoms with Gasteiger partial charge in [0.25, 0.3) is 0 Å². The first kappa shape index (κ1) is 14.1. The van der Waals surface area contributed by atoms with Gasteiger partial charge >= 0.3 is 5.97 Å². The lowest BCUT2D eigenvalue weighted by molar-refractivity contribution is 0.0693. The second kappa shape index (κ2) is 6.19. The number of carboxylic acids is 1. The summed E-state index contributed by atoms with van der Waals surface area (Å²) in [6.07, 6.45) is 0.837. The fourth-order valence-corrected chi connectivity index (χ4v) is 1.99. The van der Waals surface area contributed by atoms with Crippen molar-refractivity contribution in [1.82, 2.24) is 0 Å². The maximum Gasteiger partial charge on any atom is 0.339 e. The Morgan fingerprint density at radius 3 is 2.55 bits per heavy atom. The molecule has 0 bridgehead atoms. The van der Waals surface area contributed by atoms with E-state index in [0.29, 0.717) is 23.5 Å². The Kier molecular flexibility index (Phi) is 4.35. The Morgan fingerprint density at radius 1 is 1.15 bits per heavy atom. The second-order valence-electron chi connectivity index (χ2n) is 4.31.